The lowest BCUT2D eigenvalue weighted by atomic mass is 10.0. The minimum absolute atomic E-state index is 0.0216. The van der Waals surface area contributed by atoms with Crippen LogP contribution in [-0.4, -0.2) is 29.1 Å². The number of nitrogens with one attached hydrogen (secondary N) is 1. The molecule has 0 bridgehead atoms. The number of hydrogen-bond acceptors (Lipinski definition) is 6. The molecule has 8 heteroatoms. The van der Waals surface area contributed by atoms with Crippen molar-refractivity contribution in [3.8, 4) is 5.75 Å². The smallest absolute Gasteiger partial charge is 0.333 e. The average Bonchev–Trinajstić information content (AvgIpc) is 3.25. The number of aryl methyl sites for hydroxylation is 1. The zero-order valence-electron chi connectivity index (χ0n) is 17.1. The Labute approximate surface area is 178 Å². The summed E-state index contributed by atoms with van der Waals surface area (Å²) in [5, 5.41) is 3.38. The summed E-state index contributed by atoms with van der Waals surface area (Å²) in [5.41, 5.74) is 8.93. The fourth-order valence-electron chi connectivity index (χ4n) is 3.72. The molecule has 1 aliphatic heterocycles. The fourth-order valence-corrected chi connectivity index (χ4v) is 3.72. The summed E-state index contributed by atoms with van der Waals surface area (Å²) >= 11 is 0. The van der Waals surface area contributed by atoms with Gasteiger partial charge in [-0.15, -0.1) is 0 Å². The molecular weight excluding hydrogens is 398 g/mol. The molecule has 1 unspecified atom stereocenters. The maximum Gasteiger partial charge on any atom is 0.333 e. The number of esters is 1. The number of fused-ring (bicyclic) bond motifs is 3. The van der Waals surface area contributed by atoms with E-state index in [2.05, 4.69) is 5.32 Å². The summed E-state index contributed by atoms with van der Waals surface area (Å²) in [6.45, 7) is 2.40. The van der Waals surface area contributed by atoms with Gasteiger partial charge in [0.1, 0.15) is 12.4 Å². The third-order valence-corrected chi connectivity index (χ3v) is 5.27. The van der Waals surface area contributed by atoms with Crippen LogP contribution in [0.15, 0.2) is 53.3 Å². The number of pyridine rings is 1. The Hall–Kier alpha value is -3.65. The molecule has 0 fully saturated rings. The topological polar surface area (TPSA) is 113 Å². The van der Waals surface area contributed by atoms with Crippen LogP contribution in [0, 0.1) is 6.92 Å². The van der Waals surface area contributed by atoms with Gasteiger partial charge in [0.15, 0.2) is 6.04 Å². The van der Waals surface area contributed by atoms with Gasteiger partial charge in [0.05, 0.1) is 18.8 Å². The third-order valence-electron chi connectivity index (χ3n) is 5.27. The van der Waals surface area contributed by atoms with Gasteiger partial charge < -0.3 is 20.5 Å². The van der Waals surface area contributed by atoms with Crippen LogP contribution in [0.5, 0.6) is 5.75 Å². The molecule has 31 heavy (non-hydrogen) atoms. The van der Waals surface area contributed by atoms with Crippen LogP contribution in [0.2, 0.25) is 0 Å². The van der Waals surface area contributed by atoms with Crippen LogP contribution in [-0.2, 0) is 34.0 Å². The third kappa shape index (κ3) is 4.15. The summed E-state index contributed by atoms with van der Waals surface area (Å²) in [6.07, 6.45) is 0.821. The Kier molecular flexibility index (Phi) is 5.73. The van der Waals surface area contributed by atoms with E-state index in [4.69, 9.17) is 15.2 Å². The normalized spacial score (nSPS) is 13.4. The minimum atomic E-state index is -1.50. The molecule has 160 valence electrons. The molecule has 1 atom stereocenters. The molecule has 0 radical (unpaired) electrons. The summed E-state index contributed by atoms with van der Waals surface area (Å²) in [6, 6.07) is 12.8. The van der Waals surface area contributed by atoms with Gasteiger partial charge >= 0.3 is 5.97 Å². The van der Waals surface area contributed by atoms with Crippen LogP contribution in [0.3, 0.4) is 0 Å². The van der Waals surface area contributed by atoms with Gasteiger partial charge in [-0.1, -0.05) is 36.4 Å². The second-order valence-electron chi connectivity index (χ2n) is 7.41. The number of hydrogen-bond donors (Lipinski definition) is 2. The molecule has 0 aliphatic carbocycles. The first-order valence-corrected chi connectivity index (χ1v) is 9.98. The lowest BCUT2D eigenvalue weighted by Gasteiger charge is -2.17. The van der Waals surface area contributed by atoms with Crippen molar-refractivity contribution in [2.45, 2.75) is 32.7 Å². The van der Waals surface area contributed by atoms with Crippen LogP contribution < -0.4 is 21.3 Å². The Bertz CT molecular complexity index is 1200. The monoisotopic (exact) mass is 421 g/mol. The van der Waals surface area contributed by atoms with Gasteiger partial charge in [-0.05, 0) is 29.7 Å². The molecule has 0 saturated heterocycles. The highest BCUT2D eigenvalue weighted by atomic mass is 16.5. The zero-order chi connectivity index (χ0) is 22.0. The van der Waals surface area contributed by atoms with E-state index < -0.39 is 17.9 Å². The number of nitrogens with two attached hydrogens (primary N) is 1. The lowest BCUT2D eigenvalue weighted by Crippen LogP contribution is -2.47. The van der Waals surface area contributed by atoms with E-state index in [1.54, 1.807) is 18.2 Å². The largest absolute Gasteiger partial charge is 0.492 e. The number of carbonyl (C=O) groups is 2. The number of ether oxygens (including phenoxy) is 2. The Morgan fingerprint density at radius 2 is 2.00 bits per heavy atom. The van der Waals surface area contributed by atoms with Crippen LogP contribution >= 0.6 is 0 Å². The molecule has 0 saturated carbocycles. The Morgan fingerprint density at radius 1 is 1.23 bits per heavy atom. The first-order chi connectivity index (χ1) is 15.0. The van der Waals surface area contributed by atoms with Gasteiger partial charge in [-0.25, -0.2) is 4.79 Å². The summed E-state index contributed by atoms with van der Waals surface area (Å²) in [4.78, 5) is 37.1. The van der Waals surface area contributed by atoms with Crippen molar-refractivity contribution in [2.24, 2.45) is 5.73 Å². The van der Waals surface area contributed by atoms with Crippen molar-refractivity contribution in [1.29, 1.82) is 0 Å². The zero-order valence-corrected chi connectivity index (χ0v) is 17.1. The Morgan fingerprint density at radius 3 is 2.77 bits per heavy atom. The molecule has 1 aliphatic rings. The molecule has 8 nitrogen and oxygen atoms in total. The van der Waals surface area contributed by atoms with Crippen molar-refractivity contribution >= 4 is 22.8 Å². The number of nitrogens with zero attached hydrogens (tertiary/aromatic N) is 1. The van der Waals surface area contributed by atoms with Crippen molar-refractivity contribution in [1.82, 2.24) is 9.88 Å². The van der Waals surface area contributed by atoms with E-state index in [1.807, 2.05) is 31.2 Å². The quantitative estimate of drug-likeness (QED) is 0.459. The molecule has 3 N–H and O–H groups in total. The van der Waals surface area contributed by atoms with Gasteiger partial charge in [0, 0.05) is 17.9 Å². The fraction of sp³-hybridized carbons (Fsp3) is 0.261. The standard InChI is InChI=1S/C23H23N3O5/c1-14-11-16-9-10-30-21(16)17-7-8-18(27)26(20(14)17)13-25-22(28)19(24)23(29)31-12-15-5-3-2-4-6-15/h2-8,11,19H,9-10,12-13,24H2,1H3,(H,25,28). The van der Waals surface area contributed by atoms with E-state index in [9.17, 15) is 14.4 Å². The second kappa shape index (κ2) is 8.61. The Balaban J connectivity index is 1.47. The van der Waals surface area contributed by atoms with Crippen molar-refractivity contribution in [2.75, 3.05) is 6.61 Å². The predicted molar refractivity (Wildman–Crippen MR) is 115 cm³/mol. The number of carbonyl (C=O) groups excluding carboxylic acids is 2. The van der Waals surface area contributed by atoms with E-state index in [1.165, 1.54) is 10.6 Å². The highest BCUT2D eigenvalue weighted by Gasteiger charge is 2.24. The van der Waals surface area contributed by atoms with Gasteiger partial charge in [-0.2, -0.15) is 0 Å². The van der Waals surface area contributed by atoms with Gasteiger partial charge in [0.25, 0.3) is 5.56 Å². The molecule has 4 rings (SSSR count). The summed E-state index contributed by atoms with van der Waals surface area (Å²) in [5.74, 6) is -0.798. The van der Waals surface area contributed by atoms with Crippen LogP contribution in [0.1, 0.15) is 16.7 Å². The molecule has 1 amide bonds. The number of amides is 1. The van der Waals surface area contributed by atoms with Crippen molar-refractivity contribution in [3.63, 3.8) is 0 Å². The van der Waals surface area contributed by atoms with E-state index in [-0.39, 0.29) is 18.8 Å². The highest BCUT2D eigenvalue weighted by molar-refractivity contribution is 6.01. The highest BCUT2D eigenvalue weighted by Crippen LogP contribution is 2.35. The molecule has 0 spiro atoms. The van der Waals surface area contributed by atoms with E-state index in [0.717, 1.165) is 34.2 Å². The van der Waals surface area contributed by atoms with E-state index in [0.29, 0.717) is 12.1 Å². The van der Waals surface area contributed by atoms with Crippen molar-refractivity contribution in [3.05, 3.63) is 75.6 Å². The van der Waals surface area contributed by atoms with E-state index >= 15 is 0 Å². The molecular formula is C23H23N3O5. The van der Waals surface area contributed by atoms with Gasteiger partial charge in [0.2, 0.25) is 5.91 Å². The lowest BCUT2D eigenvalue weighted by molar-refractivity contribution is -0.149. The van der Waals surface area contributed by atoms with Crippen LogP contribution in [0.4, 0.5) is 0 Å². The average molecular weight is 421 g/mol. The molecule has 1 aromatic heterocycles. The number of aromatic nitrogens is 1. The summed E-state index contributed by atoms with van der Waals surface area (Å²) in [7, 11) is 0. The van der Waals surface area contributed by atoms with Crippen molar-refractivity contribution < 1.29 is 19.1 Å². The SMILES string of the molecule is Cc1cc2c(c3ccc(=O)n(CNC(=O)C(N)C(=O)OCc4ccccc4)c13)OCC2. The first kappa shape index (κ1) is 20.6. The molecule has 2 heterocycles. The second-order valence-corrected chi connectivity index (χ2v) is 7.41. The van der Waals surface area contributed by atoms with Gasteiger partial charge in [-0.3, -0.25) is 14.2 Å². The predicted octanol–water partition coefficient (Wildman–Crippen LogP) is 1.39. The molecule has 3 aromatic rings. The summed E-state index contributed by atoms with van der Waals surface area (Å²) < 4.78 is 12.3. The maximum atomic E-state index is 12.5. The maximum absolute atomic E-state index is 12.5. The number of benzene rings is 2. The first-order valence-electron chi connectivity index (χ1n) is 9.98. The number of rotatable bonds is 6. The van der Waals surface area contributed by atoms with Crippen LogP contribution in [0.25, 0.3) is 10.9 Å². The minimum Gasteiger partial charge on any atom is -0.492 e. The molecule has 2 aromatic carbocycles.